The molecule has 5 heteroatoms. The van der Waals surface area contributed by atoms with E-state index in [2.05, 4.69) is 32.5 Å². The Hall–Kier alpha value is -1.62. The van der Waals surface area contributed by atoms with E-state index in [-0.39, 0.29) is 0 Å². The van der Waals surface area contributed by atoms with E-state index in [1.54, 1.807) is 6.33 Å². The third kappa shape index (κ3) is 2.71. The highest BCUT2D eigenvalue weighted by molar-refractivity contribution is 5.86. The van der Waals surface area contributed by atoms with E-state index in [9.17, 15) is 0 Å². The number of nitrogens with one attached hydrogen (secondary N) is 3. The molecule has 0 aromatic carbocycles. The van der Waals surface area contributed by atoms with E-state index in [0.717, 1.165) is 23.4 Å². The first-order valence-electron chi connectivity index (χ1n) is 7.15. The van der Waals surface area contributed by atoms with Gasteiger partial charge in [0.15, 0.2) is 0 Å². The molecular weight excluding hydrogens is 238 g/mol. The second-order valence-electron chi connectivity index (χ2n) is 5.27. The summed E-state index contributed by atoms with van der Waals surface area (Å²) in [7, 11) is 0. The van der Waals surface area contributed by atoms with Gasteiger partial charge in [0.1, 0.15) is 17.8 Å². The van der Waals surface area contributed by atoms with Crippen LogP contribution in [0.2, 0.25) is 0 Å². The molecule has 2 atom stereocenters. The minimum Gasteiger partial charge on any atom is -0.365 e. The molecule has 0 aliphatic carbocycles. The van der Waals surface area contributed by atoms with E-state index in [1.165, 1.54) is 25.7 Å². The maximum absolute atomic E-state index is 4.36. The van der Waals surface area contributed by atoms with Crippen molar-refractivity contribution in [3.05, 3.63) is 18.6 Å². The van der Waals surface area contributed by atoms with Crippen LogP contribution in [0.1, 0.15) is 32.6 Å². The number of fused-ring (bicyclic) bond motifs is 1. The Morgan fingerprint density at radius 3 is 3.11 bits per heavy atom. The van der Waals surface area contributed by atoms with Gasteiger partial charge in [0.25, 0.3) is 0 Å². The van der Waals surface area contributed by atoms with Crippen LogP contribution in [0.25, 0.3) is 11.0 Å². The van der Waals surface area contributed by atoms with Crippen molar-refractivity contribution in [3.8, 4) is 0 Å². The van der Waals surface area contributed by atoms with Crippen molar-refractivity contribution in [3.63, 3.8) is 0 Å². The lowest BCUT2D eigenvalue weighted by Gasteiger charge is -2.30. The second kappa shape index (κ2) is 5.57. The molecule has 3 N–H and O–H groups in total. The van der Waals surface area contributed by atoms with Crippen molar-refractivity contribution < 1.29 is 0 Å². The molecule has 5 nitrogen and oxygen atoms in total. The quantitative estimate of drug-likeness (QED) is 0.788. The predicted octanol–water partition coefficient (Wildman–Crippen LogP) is 2.29. The number of piperidine rings is 1. The first-order chi connectivity index (χ1) is 9.36. The SMILES string of the molecule is CCCC1CC[C@@H](Nc2ncnc3[nH]ccc23)CN1. The van der Waals surface area contributed by atoms with Gasteiger partial charge < -0.3 is 15.6 Å². The van der Waals surface area contributed by atoms with Crippen LogP contribution in [0.4, 0.5) is 5.82 Å². The van der Waals surface area contributed by atoms with Gasteiger partial charge in [-0.05, 0) is 25.3 Å². The monoisotopic (exact) mass is 259 g/mol. The molecule has 0 saturated carbocycles. The summed E-state index contributed by atoms with van der Waals surface area (Å²) in [6.07, 6.45) is 8.49. The first-order valence-corrected chi connectivity index (χ1v) is 7.15. The standard InChI is InChI=1S/C14H21N5/c1-2-3-10-4-5-11(8-16-10)19-14-12-6-7-15-13(12)17-9-18-14/h6-7,9-11,16H,2-5,8H2,1H3,(H2,15,17,18,19)/t10?,11-/m1/s1. The summed E-state index contributed by atoms with van der Waals surface area (Å²) in [5, 5.41) is 8.23. The molecule has 1 aliphatic rings. The molecule has 3 heterocycles. The van der Waals surface area contributed by atoms with Crippen molar-refractivity contribution in [2.45, 2.75) is 44.7 Å². The van der Waals surface area contributed by atoms with Gasteiger partial charge in [0.2, 0.25) is 0 Å². The Morgan fingerprint density at radius 2 is 2.32 bits per heavy atom. The summed E-state index contributed by atoms with van der Waals surface area (Å²) in [6.45, 7) is 3.26. The normalized spacial score (nSPS) is 23.6. The molecule has 102 valence electrons. The molecular formula is C14H21N5. The summed E-state index contributed by atoms with van der Waals surface area (Å²) in [6, 6.07) is 3.18. The molecule has 19 heavy (non-hydrogen) atoms. The topological polar surface area (TPSA) is 65.6 Å². The molecule has 1 unspecified atom stereocenters. The van der Waals surface area contributed by atoms with Crippen molar-refractivity contribution in [1.82, 2.24) is 20.3 Å². The average molecular weight is 259 g/mol. The number of rotatable bonds is 4. The van der Waals surface area contributed by atoms with Crippen LogP contribution >= 0.6 is 0 Å². The molecule has 0 radical (unpaired) electrons. The summed E-state index contributed by atoms with van der Waals surface area (Å²) in [5.41, 5.74) is 0.894. The number of aromatic amines is 1. The van der Waals surface area contributed by atoms with Gasteiger partial charge in [-0.1, -0.05) is 13.3 Å². The van der Waals surface area contributed by atoms with E-state index < -0.39 is 0 Å². The molecule has 2 aromatic heterocycles. The lowest BCUT2D eigenvalue weighted by molar-refractivity contribution is 0.360. The highest BCUT2D eigenvalue weighted by Crippen LogP contribution is 2.21. The third-order valence-corrected chi connectivity index (χ3v) is 3.85. The van der Waals surface area contributed by atoms with E-state index >= 15 is 0 Å². The molecule has 1 saturated heterocycles. The zero-order valence-electron chi connectivity index (χ0n) is 11.3. The molecule has 0 spiro atoms. The van der Waals surface area contributed by atoms with Crippen LogP contribution < -0.4 is 10.6 Å². The van der Waals surface area contributed by atoms with Crippen LogP contribution in [0.15, 0.2) is 18.6 Å². The fourth-order valence-corrected chi connectivity index (χ4v) is 2.81. The Morgan fingerprint density at radius 1 is 1.37 bits per heavy atom. The molecule has 3 rings (SSSR count). The fraction of sp³-hybridized carbons (Fsp3) is 0.571. The van der Waals surface area contributed by atoms with Crippen LogP contribution in [0, 0.1) is 0 Å². The summed E-state index contributed by atoms with van der Waals surface area (Å²) >= 11 is 0. The van der Waals surface area contributed by atoms with Crippen molar-refractivity contribution >= 4 is 16.9 Å². The van der Waals surface area contributed by atoms with Gasteiger partial charge in [0.05, 0.1) is 5.39 Å². The third-order valence-electron chi connectivity index (χ3n) is 3.85. The summed E-state index contributed by atoms with van der Waals surface area (Å²) in [5.74, 6) is 0.937. The highest BCUT2D eigenvalue weighted by atomic mass is 15.1. The zero-order chi connectivity index (χ0) is 13.1. The van der Waals surface area contributed by atoms with Gasteiger partial charge in [-0.3, -0.25) is 0 Å². The van der Waals surface area contributed by atoms with E-state index in [4.69, 9.17) is 0 Å². The lowest BCUT2D eigenvalue weighted by atomic mass is 9.97. The Bertz CT molecular complexity index is 527. The number of hydrogen-bond acceptors (Lipinski definition) is 4. The zero-order valence-corrected chi connectivity index (χ0v) is 11.3. The maximum atomic E-state index is 4.36. The van der Waals surface area contributed by atoms with Crippen LogP contribution in [0.5, 0.6) is 0 Å². The molecule has 0 bridgehead atoms. The van der Waals surface area contributed by atoms with Crippen molar-refractivity contribution in [2.24, 2.45) is 0 Å². The number of nitrogens with zero attached hydrogens (tertiary/aromatic N) is 2. The van der Waals surface area contributed by atoms with Gasteiger partial charge >= 0.3 is 0 Å². The Balaban J connectivity index is 1.65. The Kier molecular flexibility index (Phi) is 3.64. The number of anilines is 1. The summed E-state index contributed by atoms with van der Waals surface area (Å²) in [4.78, 5) is 11.7. The maximum Gasteiger partial charge on any atom is 0.142 e. The van der Waals surface area contributed by atoms with Crippen LogP contribution in [-0.4, -0.2) is 33.6 Å². The highest BCUT2D eigenvalue weighted by Gasteiger charge is 2.20. The average Bonchev–Trinajstić information content (AvgIpc) is 2.91. The number of hydrogen-bond donors (Lipinski definition) is 3. The first kappa shape index (κ1) is 12.4. The van der Waals surface area contributed by atoms with Crippen LogP contribution in [-0.2, 0) is 0 Å². The van der Waals surface area contributed by atoms with Gasteiger partial charge in [-0.2, -0.15) is 0 Å². The van der Waals surface area contributed by atoms with Crippen molar-refractivity contribution in [2.75, 3.05) is 11.9 Å². The van der Waals surface area contributed by atoms with Crippen LogP contribution in [0.3, 0.4) is 0 Å². The smallest absolute Gasteiger partial charge is 0.142 e. The number of aromatic nitrogens is 3. The number of H-pyrrole nitrogens is 1. The van der Waals surface area contributed by atoms with Crippen molar-refractivity contribution in [1.29, 1.82) is 0 Å². The van der Waals surface area contributed by atoms with E-state index in [1.807, 2.05) is 12.3 Å². The minimum absolute atomic E-state index is 0.459. The Labute approximate surface area is 113 Å². The fourth-order valence-electron chi connectivity index (χ4n) is 2.81. The minimum atomic E-state index is 0.459. The second-order valence-corrected chi connectivity index (χ2v) is 5.27. The van der Waals surface area contributed by atoms with Gasteiger partial charge in [-0.25, -0.2) is 9.97 Å². The van der Waals surface area contributed by atoms with Gasteiger partial charge in [0, 0.05) is 24.8 Å². The molecule has 1 aliphatic heterocycles. The predicted molar refractivity (Wildman–Crippen MR) is 77.2 cm³/mol. The molecule has 0 amide bonds. The lowest BCUT2D eigenvalue weighted by Crippen LogP contribution is -2.44. The molecule has 2 aromatic rings. The van der Waals surface area contributed by atoms with Gasteiger partial charge in [-0.15, -0.1) is 0 Å². The van der Waals surface area contributed by atoms with E-state index in [0.29, 0.717) is 12.1 Å². The summed E-state index contributed by atoms with van der Waals surface area (Å²) < 4.78 is 0. The molecule has 1 fully saturated rings. The largest absolute Gasteiger partial charge is 0.365 e.